The van der Waals surface area contributed by atoms with E-state index in [0.29, 0.717) is 12.0 Å². The fourth-order valence-electron chi connectivity index (χ4n) is 3.95. The lowest BCUT2D eigenvalue weighted by molar-refractivity contribution is 0.225. The second-order valence-corrected chi connectivity index (χ2v) is 7.56. The molecule has 5 heteroatoms. The molecule has 1 aromatic heterocycles. The molecule has 2 heterocycles. The zero-order valence-corrected chi connectivity index (χ0v) is 15.3. The molecule has 0 bridgehead atoms. The SMILES string of the molecule is CCCC1CC(N/C=C(\C=N)c2cnc3c(C4CNC4)cccc3n2)C1. The van der Waals surface area contributed by atoms with Gasteiger partial charge in [0.25, 0.3) is 0 Å². The summed E-state index contributed by atoms with van der Waals surface area (Å²) in [6.45, 7) is 4.27. The summed E-state index contributed by atoms with van der Waals surface area (Å²) >= 11 is 0. The van der Waals surface area contributed by atoms with E-state index >= 15 is 0 Å². The summed E-state index contributed by atoms with van der Waals surface area (Å²) in [4.78, 5) is 9.46. The Morgan fingerprint density at radius 3 is 2.88 bits per heavy atom. The third kappa shape index (κ3) is 3.36. The van der Waals surface area contributed by atoms with Crippen LogP contribution in [0.15, 0.2) is 30.6 Å². The van der Waals surface area contributed by atoms with Crippen molar-refractivity contribution in [1.82, 2.24) is 20.6 Å². The summed E-state index contributed by atoms with van der Waals surface area (Å²) in [5.41, 5.74) is 4.71. The van der Waals surface area contributed by atoms with Crippen molar-refractivity contribution in [2.45, 2.75) is 44.6 Å². The summed E-state index contributed by atoms with van der Waals surface area (Å²) in [6.07, 6.45) is 10.2. The molecule has 0 amide bonds. The topological polar surface area (TPSA) is 73.7 Å². The molecule has 5 nitrogen and oxygen atoms in total. The van der Waals surface area contributed by atoms with E-state index in [9.17, 15) is 0 Å². The Bertz CT molecular complexity index is 818. The van der Waals surface area contributed by atoms with Crippen LogP contribution in [0, 0.1) is 11.3 Å². The van der Waals surface area contributed by atoms with Gasteiger partial charge in [-0.15, -0.1) is 0 Å². The van der Waals surface area contributed by atoms with E-state index in [1.165, 1.54) is 37.5 Å². The first-order valence-corrected chi connectivity index (χ1v) is 9.72. The number of hydrogen-bond donors (Lipinski definition) is 3. The van der Waals surface area contributed by atoms with Gasteiger partial charge >= 0.3 is 0 Å². The molecule has 0 atom stereocenters. The zero-order valence-electron chi connectivity index (χ0n) is 15.3. The molecule has 2 fully saturated rings. The Kier molecular flexibility index (Phi) is 4.98. The lowest BCUT2D eigenvalue weighted by Crippen LogP contribution is -2.40. The molecule has 3 N–H and O–H groups in total. The van der Waals surface area contributed by atoms with Crippen LogP contribution in [0.1, 0.15) is 49.8 Å². The highest BCUT2D eigenvalue weighted by Crippen LogP contribution is 2.31. The first kappa shape index (κ1) is 17.2. The fourth-order valence-corrected chi connectivity index (χ4v) is 3.95. The molecule has 2 aromatic rings. The summed E-state index contributed by atoms with van der Waals surface area (Å²) in [7, 11) is 0. The van der Waals surface area contributed by atoms with Gasteiger partial charge in [-0.05, 0) is 30.4 Å². The lowest BCUT2D eigenvalue weighted by Gasteiger charge is -2.35. The van der Waals surface area contributed by atoms with E-state index in [4.69, 9.17) is 10.4 Å². The van der Waals surface area contributed by atoms with Gasteiger partial charge in [-0.3, -0.25) is 4.98 Å². The first-order chi connectivity index (χ1) is 12.8. The lowest BCUT2D eigenvalue weighted by atomic mass is 9.78. The third-order valence-electron chi connectivity index (χ3n) is 5.68. The maximum atomic E-state index is 7.77. The van der Waals surface area contributed by atoms with Crippen LogP contribution in [0.2, 0.25) is 0 Å². The van der Waals surface area contributed by atoms with Crippen LogP contribution >= 0.6 is 0 Å². The van der Waals surface area contributed by atoms with Crippen LogP contribution in [0.25, 0.3) is 16.6 Å². The van der Waals surface area contributed by atoms with Crippen LogP contribution in [-0.4, -0.2) is 35.3 Å². The van der Waals surface area contributed by atoms with Crippen LogP contribution in [0.3, 0.4) is 0 Å². The predicted molar refractivity (Wildman–Crippen MR) is 106 cm³/mol. The van der Waals surface area contributed by atoms with Gasteiger partial charge in [-0.2, -0.15) is 0 Å². The van der Waals surface area contributed by atoms with Crippen LogP contribution in [0.5, 0.6) is 0 Å². The number of benzene rings is 1. The van der Waals surface area contributed by atoms with Gasteiger partial charge in [0.15, 0.2) is 0 Å². The van der Waals surface area contributed by atoms with Crippen molar-refractivity contribution in [2.75, 3.05) is 13.1 Å². The molecule has 1 saturated heterocycles. The Morgan fingerprint density at radius 2 is 2.19 bits per heavy atom. The minimum atomic E-state index is 0.535. The average Bonchev–Trinajstić information content (AvgIpc) is 2.58. The van der Waals surface area contributed by atoms with Crippen molar-refractivity contribution >= 4 is 22.8 Å². The average molecular weight is 349 g/mol. The molecule has 0 radical (unpaired) electrons. The van der Waals surface area contributed by atoms with Gasteiger partial charge in [-0.25, -0.2) is 4.98 Å². The van der Waals surface area contributed by atoms with Gasteiger partial charge in [-0.1, -0.05) is 31.9 Å². The Hall–Kier alpha value is -2.27. The molecular weight excluding hydrogens is 322 g/mol. The van der Waals surface area contributed by atoms with E-state index in [2.05, 4.69) is 34.7 Å². The number of allylic oxidation sites excluding steroid dienone is 1. The molecule has 136 valence electrons. The largest absolute Gasteiger partial charge is 0.388 e. The van der Waals surface area contributed by atoms with Crippen molar-refractivity contribution in [2.24, 2.45) is 5.92 Å². The number of para-hydroxylation sites is 1. The highest BCUT2D eigenvalue weighted by Gasteiger charge is 2.27. The smallest absolute Gasteiger partial charge is 0.0923 e. The third-order valence-corrected chi connectivity index (χ3v) is 5.68. The number of hydrogen-bond acceptors (Lipinski definition) is 5. The minimum absolute atomic E-state index is 0.535. The highest BCUT2D eigenvalue weighted by atomic mass is 15.0. The van der Waals surface area contributed by atoms with Crippen molar-refractivity contribution in [3.8, 4) is 0 Å². The van der Waals surface area contributed by atoms with Gasteiger partial charge in [0, 0.05) is 43.0 Å². The summed E-state index contributed by atoms with van der Waals surface area (Å²) in [5.74, 6) is 1.40. The van der Waals surface area contributed by atoms with Crippen LogP contribution in [0.4, 0.5) is 0 Å². The number of rotatable bonds is 7. The van der Waals surface area contributed by atoms with Gasteiger partial charge in [0.2, 0.25) is 0 Å². The maximum Gasteiger partial charge on any atom is 0.0923 e. The zero-order chi connectivity index (χ0) is 17.9. The molecule has 1 aromatic carbocycles. The van der Waals surface area contributed by atoms with E-state index < -0.39 is 0 Å². The Balaban J connectivity index is 1.51. The number of nitrogens with one attached hydrogen (secondary N) is 3. The standard InChI is InChI=1S/C21H27N5/c1-2-4-14-7-17(8-14)24-12-15(9-22)20-13-25-21-18(16-10-23-11-16)5-3-6-19(21)26-20/h3,5-6,9,12-14,16-17,22-24H,2,4,7-8,10-11H2,1H3/b15-12+,22-9?. The molecule has 1 aliphatic heterocycles. The summed E-state index contributed by atoms with van der Waals surface area (Å²) in [6, 6.07) is 6.76. The van der Waals surface area contributed by atoms with Gasteiger partial charge in [0.05, 0.1) is 22.9 Å². The molecule has 0 spiro atoms. The maximum absolute atomic E-state index is 7.77. The van der Waals surface area contributed by atoms with Crippen molar-refractivity contribution < 1.29 is 0 Å². The fraction of sp³-hybridized carbons (Fsp3) is 0.476. The number of fused-ring (bicyclic) bond motifs is 1. The number of nitrogens with zero attached hydrogens (tertiary/aromatic N) is 2. The molecule has 1 saturated carbocycles. The minimum Gasteiger partial charge on any atom is -0.388 e. The molecule has 2 aliphatic rings. The van der Waals surface area contributed by atoms with E-state index in [-0.39, 0.29) is 0 Å². The predicted octanol–water partition coefficient (Wildman–Crippen LogP) is 3.48. The molecule has 1 aliphatic carbocycles. The van der Waals surface area contributed by atoms with Crippen LogP contribution in [-0.2, 0) is 0 Å². The normalized spacial score (nSPS) is 23.3. The Labute approximate surface area is 154 Å². The van der Waals surface area contributed by atoms with Crippen molar-refractivity contribution in [1.29, 1.82) is 5.41 Å². The van der Waals surface area contributed by atoms with Crippen molar-refractivity contribution in [3.63, 3.8) is 0 Å². The van der Waals surface area contributed by atoms with Gasteiger partial charge < -0.3 is 16.0 Å². The highest BCUT2D eigenvalue weighted by molar-refractivity contribution is 6.07. The quantitative estimate of drug-likeness (QED) is 0.669. The van der Waals surface area contributed by atoms with Crippen LogP contribution < -0.4 is 10.6 Å². The second-order valence-electron chi connectivity index (χ2n) is 7.56. The monoisotopic (exact) mass is 349 g/mol. The number of aromatic nitrogens is 2. The molecular formula is C21H27N5. The second kappa shape index (κ2) is 7.54. The van der Waals surface area contributed by atoms with E-state index in [1.807, 2.05) is 12.3 Å². The molecule has 4 rings (SSSR count). The summed E-state index contributed by atoms with van der Waals surface area (Å²) in [5, 5.41) is 14.6. The van der Waals surface area contributed by atoms with Crippen molar-refractivity contribution in [3.05, 3.63) is 41.9 Å². The van der Waals surface area contributed by atoms with Gasteiger partial charge in [0.1, 0.15) is 0 Å². The first-order valence-electron chi connectivity index (χ1n) is 9.72. The van der Waals surface area contributed by atoms with E-state index in [0.717, 1.165) is 41.3 Å². The molecule has 26 heavy (non-hydrogen) atoms. The molecule has 0 unspecified atom stereocenters. The van der Waals surface area contributed by atoms with E-state index in [1.54, 1.807) is 6.20 Å². The summed E-state index contributed by atoms with van der Waals surface area (Å²) < 4.78 is 0. The Morgan fingerprint density at radius 1 is 1.35 bits per heavy atom.